The SMILES string of the molecule is CCC(=O)O[Si](CCCCCCc1ccc(F)cc1)(OC(=O)CC)OC(=O)CC. The van der Waals surface area contributed by atoms with E-state index in [2.05, 4.69) is 0 Å². The Hall–Kier alpha value is -2.22. The van der Waals surface area contributed by atoms with Crippen molar-refractivity contribution in [3.8, 4) is 0 Å². The van der Waals surface area contributed by atoms with Crippen molar-refractivity contribution in [2.24, 2.45) is 0 Å². The van der Waals surface area contributed by atoms with Crippen LogP contribution in [0.1, 0.15) is 71.3 Å². The number of hydrogen-bond donors (Lipinski definition) is 0. The summed E-state index contributed by atoms with van der Waals surface area (Å²) >= 11 is 0. The third kappa shape index (κ3) is 9.69. The van der Waals surface area contributed by atoms with E-state index in [-0.39, 0.29) is 31.1 Å². The standard InChI is InChI=1S/C21H31FO6Si/c1-4-19(23)26-29(27-20(24)5-2,28-21(25)6-3)16-10-8-7-9-11-17-12-14-18(22)15-13-17/h12-15H,4-11,16H2,1-3H3. The van der Waals surface area contributed by atoms with Gasteiger partial charge in [-0.2, -0.15) is 0 Å². The Kier molecular flexibility index (Phi) is 11.2. The summed E-state index contributed by atoms with van der Waals surface area (Å²) < 4.78 is 29.1. The molecule has 29 heavy (non-hydrogen) atoms. The summed E-state index contributed by atoms with van der Waals surface area (Å²) in [5.41, 5.74) is 1.07. The Bertz CT molecular complexity index is 616. The Labute approximate surface area is 173 Å². The lowest BCUT2D eigenvalue weighted by molar-refractivity contribution is -0.150. The Morgan fingerprint density at radius 3 is 1.66 bits per heavy atom. The molecule has 0 saturated carbocycles. The molecule has 0 aliphatic rings. The molecule has 0 aromatic heterocycles. The average molecular weight is 427 g/mol. The molecule has 6 nitrogen and oxygen atoms in total. The van der Waals surface area contributed by atoms with Crippen LogP contribution < -0.4 is 0 Å². The summed E-state index contributed by atoms with van der Waals surface area (Å²) in [7, 11) is -3.77. The van der Waals surface area contributed by atoms with Crippen LogP contribution in [0.15, 0.2) is 24.3 Å². The first-order valence-corrected chi connectivity index (χ1v) is 12.2. The molecule has 0 bridgehead atoms. The quantitative estimate of drug-likeness (QED) is 0.335. The molecule has 0 spiro atoms. The number of rotatable bonds is 13. The van der Waals surface area contributed by atoms with E-state index in [0.717, 1.165) is 31.2 Å². The Morgan fingerprint density at radius 2 is 1.21 bits per heavy atom. The van der Waals surface area contributed by atoms with E-state index in [1.165, 1.54) is 12.1 Å². The molecule has 0 aliphatic carbocycles. The highest BCUT2D eigenvalue weighted by molar-refractivity contribution is 6.65. The van der Waals surface area contributed by atoms with Crippen molar-refractivity contribution in [1.29, 1.82) is 0 Å². The van der Waals surface area contributed by atoms with Crippen molar-refractivity contribution in [2.75, 3.05) is 0 Å². The number of unbranched alkanes of at least 4 members (excludes halogenated alkanes) is 3. The zero-order valence-electron chi connectivity index (χ0n) is 17.5. The molecule has 0 radical (unpaired) electrons. The second-order valence-electron chi connectivity index (χ2n) is 6.71. The fourth-order valence-corrected chi connectivity index (χ4v) is 5.22. The highest BCUT2D eigenvalue weighted by atomic mass is 28.4. The van der Waals surface area contributed by atoms with Gasteiger partial charge in [0.15, 0.2) is 0 Å². The molecule has 1 aromatic carbocycles. The number of carbonyl (C=O) groups excluding carboxylic acids is 3. The molecule has 1 aromatic rings. The minimum atomic E-state index is -3.77. The van der Waals surface area contributed by atoms with Crippen molar-refractivity contribution in [1.82, 2.24) is 0 Å². The largest absolute Gasteiger partial charge is 0.705 e. The molecule has 8 heteroatoms. The first kappa shape index (κ1) is 24.8. The van der Waals surface area contributed by atoms with Crippen molar-refractivity contribution >= 4 is 26.7 Å². The molecule has 1 rings (SSSR count). The molecule has 0 atom stereocenters. The number of carbonyl (C=O) groups is 3. The molecule has 0 saturated heterocycles. The van der Waals surface area contributed by atoms with E-state index in [9.17, 15) is 18.8 Å². The number of hydrogen-bond acceptors (Lipinski definition) is 6. The lowest BCUT2D eigenvalue weighted by atomic mass is 10.1. The van der Waals surface area contributed by atoms with Gasteiger partial charge >= 0.3 is 8.80 Å². The zero-order chi connectivity index (χ0) is 21.7. The second kappa shape index (κ2) is 13.1. The third-order valence-electron chi connectivity index (χ3n) is 4.29. The normalized spacial score (nSPS) is 11.0. The zero-order valence-corrected chi connectivity index (χ0v) is 18.5. The van der Waals surface area contributed by atoms with Crippen LogP contribution in [0.4, 0.5) is 4.39 Å². The molecule has 0 aliphatic heterocycles. The van der Waals surface area contributed by atoms with Gasteiger partial charge in [-0.15, -0.1) is 0 Å². The lowest BCUT2D eigenvalue weighted by Crippen LogP contribution is -2.50. The predicted molar refractivity (Wildman–Crippen MR) is 108 cm³/mol. The molecule has 0 heterocycles. The van der Waals surface area contributed by atoms with Gasteiger partial charge in [0.2, 0.25) is 0 Å². The topological polar surface area (TPSA) is 78.9 Å². The van der Waals surface area contributed by atoms with Crippen molar-refractivity contribution < 1.29 is 32.1 Å². The molecule has 0 fully saturated rings. The van der Waals surface area contributed by atoms with Gasteiger partial charge in [0, 0.05) is 19.3 Å². The van der Waals surface area contributed by atoms with Crippen molar-refractivity contribution in [2.45, 2.75) is 78.2 Å². The average Bonchev–Trinajstić information content (AvgIpc) is 2.71. The third-order valence-corrected chi connectivity index (χ3v) is 6.87. The molecular weight excluding hydrogens is 395 g/mol. The first-order chi connectivity index (χ1) is 13.8. The van der Waals surface area contributed by atoms with E-state index in [0.29, 0.717) is 6.42 Å². The van der Waals surface area contributed by atoms with Crippen LogP contribution in [0, 0.1) is 5.82 Å². The van der Waals surface area contributed by atoms with E-state index in [1.807, 2.05) is 0 Å². The van der Waals surface area contributed by atoms with E-state index in [4.69, 9.17) is 13.3 Å². The van der Waals surface area contributed by atoms with Crippen LogP contribution in [0.2, 0.25) is 6.04 Å². The van der Waals surface area contributed by atoms with Crippen LogP contribution in [-0.4, -0.2) is 26.7 Å². The molecule has 0 unspecified atom stereocenters. The van der Waals surface area contributed by atoms with Gasteiger partial charge in [0.25, 0.3) is 17.9 Å². The van der Waals surface area contributed by atoms with Crippen LogP contribution in [0.5, 0.6) is 0 Å². The lowest BCUT2D eigenvalue weighted by Gasteiger charge is -2.27. The minimum absolute atomic E-state index is 0.0970. The maximum atomic E-state index is 12.9. The number of halogens is 1. The van der Waals surface area contributed by atoms with E-state index in [1.54, 1.807) is 32.9 Å². The van der Waals surface area contributed by atoms with E-state index >= 15 is 0 Å². The fourth-order valence-electron chi connectivity index (χ4n) is 2.63. The second-order valence-corrected chi connectivity index (χ2v) is 9.18. The Balaban J connectivity index is 2.63. The summed E-state index contributed by atoms with van der Waals surface area (Å²) in [6, 6.07) is 6.65. The Morgan fingerprint density at radius 1 is 0.759 bits per heavy atom. The molecule has 0 amide bonds. The maximum absolute atomic E-state index is 12.9. The molecule has 162 valence electrons. The molecule has 0 N–H and O–H groups in total. The van der Waals surface area contributed by atoms with Gasteiger partial charge in [-0.25, -0.2) is 4.39 Å². The van der Waals surface area contributed by atoms with Crippen molar-refractivity contribution in [3.63, 3.8) is 0 Å². The van der Waals surface area contributed by atoms with Gasteiger partial charge in [-0.3, -0.25) is 14.4 Å². The summed E-state index contributed by atoms with van der Waals surface area (Å²) in [6.07, 6.45) is 4.34. The smallest absolute Gasteiger partial charge is 0.455 e. The van der Waals surface area contributed by atoms with Gasteiger partial charge in [0.05, 0.1) is 6.04 Å². The van der Waals surface area contributed by atoms with Crippen LogP contribution in [0.25, 0.3) is 0 Å². The maximum Gasteiger partial charge on any atom is 0.705 e. The number of aryl methyl sites for hydroxylation is 1. The fraction of sp³-hybridized carbons (Fsp3) is 0.571. The van der Waals surface area contributed by atoms with Crippen LogP contribution in [0.3, 0.4) is 0 Å². The summed E-state index contributed by atoms with van der Waals surface area (Å²) in [6.45, 7) is 4.88. The highest BCUT2D eigenvalue weighted by Gasteiger charge is 2.52. The first-order valence-electron chi connectivity index (χ1n) is 10.2. The number of benzene rings is 1. The van der Waals surface area contributed by atoms with Crippen LogP contribution >= 0.6 is 0 Å². The van der Waals surface area contributed by atoms with Crippen LogP contribution in [-0.2, 0) is 34.1 Å². The monoisotopic (exact) mass is 426 g/mol. The van der Waals surface area contributed by atoms with Gasteiger partial charge in [-0.05, 0) is 37.0 Å². The highest BCUT2D eigenvalue weighted by Crippen LogP contribution is 2.23. The van der Waals surface area contributed by atoms with Gasteiger partial charge in [-0.1, -0.05) is 45.7 Å². The predicted octanol–water partition coefficient (Wildman–Crippen LogP) is 4.73. The van der Waals surface area contributed by atoms with E-state index < -0.39 is 26.7 Å². The van der Waals surface area contributed by atoms with Crippen molar-refractivity contribution in [3.05, 3.63) is 35.6 Å². The van der Waals surface area contributed by atoms with Gasteiger partial charge in [0.1, 0.15) is 5.82 Å². The summed E-state index contributed by atoms with van der Waals surface area (Å²) in [5.74, 6) is -1.91. The summed E-state index contributed by atoms with van der Waals surface area (Å²) in [4.78, 5) is 35.7. The minimum Gasteiger partial charge on any atom is -0.455 e. The molecular formula is C21H31FO6Si. The van der Waals surface area contributed by atoms with Gasteiger partial charge < -0.3 is 13.3 Å². The summed E-state index contributed by atoms with van der Waals surface area (Å²) in [5, 5.41) is 0.